The maximum absolute atomic E-state index is 12.5. The van der Waals surface area contributed by atoms with E-state index in [2.05, 4.69) is 21.2 Å². The third-order valence-corrected chi connectivity index (χ3v) is 4.94. The second kappa shape index (κ2) is 8.91. The second-order valence-corrected chi connectivity index (χ2v) is 6.74. The lowest BCUT2D eigenvalue weighted by Crippen LogP contribution is -2.45. The van der Waals surface area contributed by atoms with Crippen molar-refractivity contribution in [3.63, 3.8) is 0 Å². The highest BCUT2D eigenvalue weighted by Gasteiger charge is 2.27. The SMILES string of the molecule is O=C(O)CCCNC(=O)N(Cc1ccccc1Br)C1CCCC1. The predicted molar refractivity (Wildman–Crippen MR) is 92.2 cm³/mol. The first-order valence-electron chi connectivity index (χ1n) is 8.07. The Bertz CT molecular complexity index is 544. The maximum atomic E-state index is 12.5. The molecule has 0 aromatic heterocycles. The maximum Gasteiger partial charge on any atom is 0.317 e. The van der Waals surface area contributed by atoms with E-state index < -0.39 is 5.97 Å². The Hall–Kier alpha value is -1.56. The normalized spacial score (nSPS) is 14.7. The number of nitrogens with one attached hydrogen (secondary N) is 1. The van der Waals surface area contributed by atoms with E-state index in [0.29, 0.717) is 19.5 Å². The molecule has 1 saturated carbocycles. The van der Waals surface area contributed by atoms with Gasteiger partial charge in [0.25, 0.3) is 0 Å². The molecule has 1 fully saturated rings. The van der Waals surface area contributed by atoms with Gasteiger partial charge in [0.1, 0.15) is 0 Å². The zero-order valence-electron chi connectivity index (χ0n) is 13.1. The Kier molecular flexibility index (Phi) is 6.89. The Balaban J connectivity index is 1.97. The Morgan fingerprint density at radius 1 is 1.26 bits per heavy atom. The molecule has 0 saturated heterocycles. The fourth-order valence-corrected chi connectivity index (χ4v) is 3.34. The van der Waals surface area contributed by atoms with Gasteiger partial charge in [0.05, 0.1) is 0 Å². The third kappa shape index (κ3) is 5.53. The van der Waals surface area contributed by atoms with Crippen molar-refractivity contribution in [2.24, 2.45) is 0 Å². The number of hydrogen-bond acceptors (Lipinski definition) is 2. The van der Waals surface area contributed by atoms with Crippen molar-refractivity contribution in [3.8, 4) is 0 Å². The first kappa shape index (κ1) is 17.8. The first-order chi connectivity index (χ1) is 11.1. The number of nitrogens with zero attached hydrogens (tertiary/aromatic N) is 1. The number of carbonyl (C=O) groups is 2. The number of carboxylic acids is 1. The number of hydrogen-bond donors (Lipinski definition) is 2. The zero-order valence-corrected chi connectivity index (χ0v) is 14.7. The molecule has 0 bridgehead atoms. The standard InChI is InChI=1S/C17H23BrN2O3/c18-15-9-4-1-6-13(15)12-20(14-7-2-3-8-14)17(23)19-11-5-10-16(21)22/h1,4,6,9,14H,2-3,5,7-8,10-12H2,(H,19,23)(H,21,22). The summed E-state index contributed by atoms with van der Waals surface area (Å²) in [6.07, 6.45) is 4.91. The van der Waals surface area contributed by atoms with Gasteiger partial charge in [-0.2, -0.15) is 0 Å². The van der Waals surface area contributed by atoms with Crippen LogP contribution in [0.1, 0.15) is 44.1 Å². The van der Waals surface area contributed by atoms with Crippen LogP contribution in [0.2, 0.25) is 0 Å². The molecule has 0 unspecified atom stereocenters. The lowest BCUT2D eigenvalue weighted by molar-refractivity contribution is -0.137. The number of urea groups is 1. The second-order valence-electron chi connectivity index (χ2n) is 5.89. The summed E-state index contributed by atoms with van der Waals surface area (Å²) in [4.78, 5) is 25.0. The third-order valence-electron chi connectivity index (χ3n) is 4.17. The number of amides is 2. The molecule has 6 heteroatoms. The van der Waals surface area contributed by atoms with Gasteiger partial charge in [-0.1, -0.05) is 47.0 Å². The molecular weight excluding hydrogens is 360 g/mol. The van der Waals surface area contributed by atoms with Gasteiger partial charge in [0.15, 0.2) is 0 Å². The fourth-order valence-electron chi connectivity index (χ4n) is 2.93. The van der Waals surface area contributed by atoms with Gasteiger partial charge >= 0.3 is 12.0 Å². The van der Waals surface area contributed by atoms with Crippen LogP contribution >= 0.6 is 15.9 Å². The van der Waals surface area contributed by atoms with E-state index in [0.717, 1.165) is 35.7 Å². The molecule has 2 rings (SSSR count). The zero-order chi connectivity index (χ0) is 16.7. The lowest BCUT2D eigenvalue weighted by atomic mass is 10.1. The van der Waals surface area contributed by atoms with Crippen LogP contribution in [-0.4, -0.2) is 34.6 Å². The molecule has 23 heavy (non-hydrogen) atoms. The van der Waals surface area contributed by atoms with Crippen LogP contribution in [-0.2, 0) is 11.3 Å². The van der Waals surface area contributed by atoms with Gasteiger partial charge in [-0.25, -0.2) is 4.79 Å². The van der Waals surface area contributed by atoms with E-state index in [1.165, 1.54) is 0 Å². The number of carboxylic acid groups (broad SMARTS) is 1. The van der Waals surface area contributed by atoms with Crippen LogP contribution in [0, 0.1) is 0 Å². The predicted octanol–water partition coefficient (Wildman–Crippen LogP) is 3.77. The Morgan fingerprint density at radius 2 is 1.96 bits per heavy atom. The number of carbonyl (C=O) groups excluding carboxylic acids is 1. The highest BCUT2D eigenvalue weighted by molar-refractivity contribution is 9.10. The smallest absolute Gasteiger partial charge is 0.317 e. The van der Waals surface area contributed by atoms with Gasteiger partial charge in [0, 0.05) is 30.0 Å². The van der Waals surface area contributed by atoms with Crippen LogP contribution in [0.3, 0.4) is 0 Å². The summed E-state index contributed by atoms with van der Waals surface area (Å²) in [5, 5.41) is 11.5. The van der Waals surface area contributed by atoms with Gasteiger partial charge in [-0.15, -0.1) is 0 Å². The van der Waals surface area contributed by atoms with Crippen molar-refractivity contribution >= 4 is 27.9 Å². The van der Waals surface area contributed by atoms with Gasteiger partial charge in [-0.3, -0.25) is 4.79 Å². The van der Waals surface area contributed by atoms with Crippen LogP contribution in [0.25, 0.3) is 0 Å². The van der Waals surface area contributed by atoms with Crippen LogP contribution in [0.5, 0.6) is 0 Å². The highest BCUT2D eigenvalue weighted by atomic mass is 79.9. The molecule has 5 nitrogen and oxygen atoms in total. The summed E-state index contributed by atoms with van der Waals surface area (Å²) in [6, 6.07) is 8.09. The first-order valence-corrected chi connectivity index (χ1v) is 8.87. The number of benzene rings is 1. The monoisotopic (exact) mass is 382 g/mol. The minimum absolute atomic E-state index is 0.0773. The molecule has 2 amide bonds. The quantitative estimate of drug-likeness (QED) is 0.705. The molecule has 0 radical (unpaired) electrons. The van der Waals surface area contributed by atoms with E-state index in [4.69, 9.17) is 5.11 Å². The fraction of sp³-hybridized carbons (Fsp3) is 0.529. The highest BCUT2D eigenvalue weighted by Crippen LogP contribution is 2.27. The van der Waals surface area contributed by atoms with Crippen LogP contribution in [0.4, 0.5) is 4.79 Å². The molecule has 1 aromatic carbocycles. The number of aliphatic carboxylic acids is 1. The van der Waals surface area contributed by atoms with Crippen molar-refractivity contribution in [1.82, 2.24) is 10.2 Å². The van der Waals surface area contributed by atoms with Crippen molar-refractivity contribution < 1.29 is 14.7 Å². The minimum Gasteiger partial charge on any atom is -0.481 e. The van der Waals surface area contributed by atoms with Crippen molar-refractivity contribution in [1.29, 1.82) is 0 Å². The largest absolute Gasteiger partial charge is 0.481 e. The molecule has 0 heterocycles. The van der Waals surface area contributed by atoms with Crippen molar-refractivity contribution in [3.05, 3.63) is 34.3 Å². The molecule has 126 valence electrons. The molecular formula is C17H23BrN2O3. The van der Waals surface area contributed by atoms with Crippen molar-refractivity contribution in [2.45, 2.75) is 51.1 Å². The summed E-state index contributed by atoms with van der Waals surface area (Å²) >= 11 is 3.54. The average molecular weight is 383 g/mol. The van der Waals surface area contributed by atoms with Crippen LogP contribution < -0.4 is 5.32 Å². The molecule has 0 atom stereocenters. The van der Waals surface area contributed by atoms with Crippen LogP contribution in [0.15, 0.2) is 28.7 Å². The number of halogens is 1. The summed E-state index contributed by atoms with van der Waals surface area (Å²) in [7, 11) is 0. The van der Waals surface area contributed by atoms with E-state index >= 15 is 0 Å². The van der Waals surface area contributed by atoms with E-state index in [-0.39, 0.29) is 18.5 Å². The molecule has 2 N–H and O–H groups in total. The van der Waals surface area contributed by atoms with E-state index in [9.17, 15) is 9.59 Å². The summed E-state index contributed by atoms with van der Waals surface area (Å²) < 4.78 is 1.00. The Labute approximate surface area is 145 Å². The molecule has 1 aliphatic carbocycles. The number of rotatable bonds is 7. The van der Waals surface area contributed by atoms with E-state index in [1.54, 1.807) is 0 Å². The van der Waals surface area contributed by atoms with Gasteiger partial charge in [0.2, 0.25) is 0 Å². The summed E-state index contributed by atoms with van der Waals surface area (Å²) in [5.74, 6) is -0.833. The molecule has 0 aliphatic heterocycles. The summed E-state index contributed by atoms with van der Waals surface area (Å²) in [6.45, 7) is 0.959. The molecule has 1 aliphatic rings. The topological polar surface area (TPSA) is 69.6 Å². The van der Waals surface area contributed by atoms with Gasteiger partial charge in [-0.05, 0) is 30.9 Å². The van der Waals surface area contributed by atoms with E-state index in [1.807, 2.05) is 29.2 Å². The Morgan fingerprint density at radius 3 is 2.61 bits per heavy atom. The molecule has 1 aromatic rings. The lowest BCUT2D eigenvalue weighted by Gasteiger charge is -2.29. The van der Waals surface area contributed by atoms with Gasteiger partial charge < -0.3 is 15.3 Å². The minimum atomic E-state index is -0.833. The average Bonchev–Trinajstić information content (AvgIpc) is 3.04. The molecule has 0 spiro atoms. The summed E-state index contributed by atoms with van der Waals surface area (Å²) in [5.41, 5.74) is 1.08. The van der Waals surface area contributed by atoms with Crippen molar-refractivity contribution in [2.75, 3.05) is 6.54 Å².